The molecule has 32 heavy (non-hydrogen) atoms. The molecule has 0 aromatic heterocycles. The molecule has 0 saturated carbocycles. The second-order valence-electron chi connectivity index (χ2n) is 7.13. The summed E-state index contributed by atoms with van der Waals surface area (Å²) >= 11 is 11.3. The molecular formula is C24H27Cl2FN2O3. The van der Waals surface area contributed by atoms with Gasteiger partial charge in [-0.1, -0.05) is 47.8 Å². The number of hydrogen-bond acceptors (Lipinski definition) is 3. The van der Waals surface area contributed by atoms with Crippen LogP contribution in [0.3, 0.4) is 0 Å². The van der Waals surface area contributed by atoms with Crippen molar-refractivity contribution in [3.05, 3.63) is 76.3 Å². The van der Waals surface area contributed by atoms with Gasteiger partial charge in [-0.05, 0) is 56.2 Å². The van der Waals surface area contributed by atoms with Gasteiger partial charge in [0.2, 0.25) is 11.8 Å². The van der Waals surface area contributed by atoms with Gasteiger partial charge in [0.1, 0.15) is 0 Å². The summed E-state index contributed by atoms with van der Waals surface area (Å²) in [5.41, 5.74) is 1.93. The molecule has 2 N–H and O–H groups in total. The molecule has 1 atom stereocenters. The maximum absolute atomic E-state index is 11.9. The summed E-state index contributed by atoms with van der Waals surface area (Å²) in [4.78, 5) is 32.9. The Labute approximate surface area is 198 Å². The number of carbonyl (C=O) groups is 3. The van der Waals surface area contributed by atoms with Crippen molar-refractivity contribution in [1.29, 1.82) is 0 Å². The van der Waals surface area contributed by atoms with Gasteiger partial charge in [0.05, 0.1) is 11.5 Å². The van der Waals surface area contributed by atoms with Crippen molar-refractivity contribution in [1.82, 2.24) is 5.32 Å². The van der Waals surface area contributed by atoms with Crippen LogP contribution >= 0.6 is 23.2 Å². The second-order valence-corrected chi connectivity index (χ2v) is 8.01. The van der Waals surface area contributed by atoms with Crippen LogP contribution in [0.4, 0.5) is 10.1 Å². The molecule has 3 rings (SSSR count). The summed E-state index contributed by atoms with van der Waals surface area (Å²) in [6.07, 6.45) is 2.12. The molecule has 172 valence electrons. The van der Waals surface area contributed by atoms with Crippen LogP contribution < -0.4 is 10.6 Å². The van der Waals surface area contributed by atoms with Gasteiger partial charge in [-0.25, -0.2) is 0 Å². The van der Waals surface area contributed by atoms with E-state index >= 15 is 0 Å². The van der Waals surface area contributed by atoms with Crippen LogP contribution in [0.15, 0.2) is 60.7 Å². The molecule has 1 aliphatic heterocycles. The molecule has 2 amide bonds. The average molecular weight is 481 g/mol. The number of anilines is 1. The van der Waals surface area contributed by atoms with Gasteiger partial charge in [0.15, 0.2) is 0 Å². The van der Waals surface area contributed by atoms with Crippen molar-refractivity contribution in [3.63, 3.8) is 0 Å². The minimum atomic E-state index is -1.46. The maximum atomic E-state index is 11.9. The van der Waals surface area contributed by atoms with E-state index in [0.717, 1.165) is 6.42 Å². The van der Waals surface area contributed by atoms with Crippen molar-refractivity contribution in [2.75, 3.05) is 11.9 Å². The molecule has 5 nitrogen and oxygen atoms in total. The van der Waals surface area contributed by atoms with Crippen LogP contribution in [0.5, 0.6) is 0 Å². The molecule has 0 spiro atoms. The first-order chi connectivity index (χ1) is 15.1. The largest absolute Gasteiger partial charge is 0.355 e. The molecule has 1 saturated heterocycles. The first-order valence-corrected chi connectivity index (χ1v) is 10.8. The van der Waals surface area contributed by atoms with Gasteiger partial charge in [-0.2, -0.15) is 4.39 Å². The molecule has 1 heterocycles. The normalized spacial score (nSPS) is 14.5. The van der Waals surface area contributed by atoms with Gasteiger partial charge in [0, 0.05) is 28.7 Å². The van der Waals surface area contributed by atoms with Crippen LogP contribution in [0.2, 0.25) is 10.0 Å². The van der Waals surface area contributed by atoms with Gasteiger partial charge < -0.3 is 10.6 Å². The highest BCUT2D eigenvalue weighted by Gasteiger charge is 2.24. The third kappa shape index (κ3) is 11.1. The van der Waals surface area contributed by atoms with Gasteiger partial charge in [-0.3, -0.25) is 14.4 Å². The first kappa shape index (κ1) is 27.3. The molecule has 0 bridgehead atoms. The predicted octanol–water partition coefficient (Wildman–Crippen LogP) is 6.23. The number of allylic oxidation sites excluding steroid dienone is 1. The number of carbonyl (C=O) groups excluding carboxylic acids is 3. The van der Waals surface area contributed by atoms with Crippen molar-refractivity contribution < 1.29 is 18.8 Å². The molecule has 2 aromatic carbocycles. The number of nitrogens with one attached hydrogen (secondary N) is 2. The number of piperidine rings is 1. The quantitative estimate of drug-likeness (QED) is 0.402. The van der Waals surface area contributed by atoms with Crippen molar-refractivity contribution >= 4 is 46.7 Å². The SMILES string of the molecule is C=C(C)CC.O=C(F)c1cccc(Cl)c1.O=C1CCC(C(=O)Nc2cccc(Cl)c2)CN1. The van der Waals surface area contributed by atoms with E-state index in [1.54, 1.807) is 30.3 Å². The highest BCUT2D eigenvalue weighted by molar-refractivity contribution is 6.31. The fourth-order valence-electron chi connectivity index (χ4n) is 2.38. The smallest absolute Gasteiger partial charge is 0.332 e. The Bertz CT molecular complexity index is 940. The first-order valence-electron chi connectivity index (χ1n) is 10.0. The fraction of sp³-hybridized carbons (Fsp3) is 0.292. The Kier molecular flexibility index (Phi) is 12.3. The highest BCUT2D eigenvalue weighted by atomic mass is 35.5. The summed E-state index contributed by atoms with van der Waals surface area (Å²) in [6, 6.07) is 11.3. The minimum absolute atomic E-state index is 0.00694. The van der Waals surface area contributed by atoms with E-state index < -0.39 is 6.04 Å². The molecule has 0 aliphatic carbocycles. The van der Waals surface area contributed by atoms with Gasteiger partial charge in [-0.15, -0.1) is 6.58 Å². The molecule has 0 radical (unpaired) electrons. The van der Waals surface area contributed by atoms with E-state index in [1.807, 2.05) is 6.92 Å². The second kappa shape index (κ2) is 14.4. The van der Waals surface area contributed by atoms with E-state index in [9.17, 15) is 18.8 Å². The van der Waals surface area contributed by atoms with Gasteiger partial charge in [0.25, 0.3) is 0 Å². The Morgan fingerprint density at radius 1 is 1.16 bits per heavy atom. The molecule has 1 fully saturated rings. The number of rotatable bonds is 4. The lowest BCUT2D eigenvalue weighted by Gasteiger charge is -2.21. The standard InChI is InChI=1S/C12H13ClN2O2.C7H4ClFO.C5H10/c13-9-2-1-3-10(6-9)15-12(17)8-4-5-11(16)14-7-8;8-6-3-1-2-5(4-6)7(9)10;1-4-5(2)3/h1-3,6,8H,4-5,7H2,(H,14,16)(H,15,17);1-4H;2,4H2,1,3H3. The Hall–Kier alpha value is -2.70. The lowest BCUT2D eigenvalue weighted by atomic mass is 9.98. The molecule has 1 unspecified atom stereocenters. The van der Waals surface area contributed by atoms with E-state index in [1.165, 1.54) is 23.8 Å². The van der Waals surface area contributed by atoms with Crippen LogP contribution in [0, 0.1) is 5.92 Å². The Morgan fingerprint density at radius 3 is 2.19 bits per heavy atom. The zero-order valence-electron chi connectivity index (χ0n) is 18.1. The molecule has 1 aliphatic rings. The molecular weight excluding hydrogens is 454 g/mol. The summed E-state index contributed by atoms with van der Waals surface area (Å²) in [6.45, 7) is 8.21. The predicted molar refractivity (Wildman–Crippen MR) is 128 cm³/mol. The lowest BCUT2D eigenvalue weighted by molar-refractivity contribution is -0.126. The van der Waals surface area contributed by atoms with E-state index in [4.69, 9.17) is 23.2 Å². The summed E-state index contributed by atoms with van der Waals surface area (Å²) < 4.78 is 11.9. The number of hydrogen-bond donors (Lipinski definition) is 2. The molecule has 8 heteroatoms. The fourth-order valence-corrected chi connectivity index (χ4v) is 2.76. The van der Waals surface area contributed by atoms with Crippen LogP contribution in [-0.2, 0) is 9.59 Å². The third-order valence-corrected chi connectivity index (χ3v) is 4.85. The minimum Gasteiger partial charge on any atom is -0.355 e. The summed E-state index contributed by atoms with van der Waals surface area (Å²) in [5, 5.41) is 6.42. The summed E-state index contributed by atoms with van der Waals surface area (Å²) in [7, 11) is 0. The van der Waals surface area contributed by atoms with E-state index in [2.05, 4.69) is 24.1 Å². The zero-order valence-corrected chi connectivity index (χ0v) is 19.6. The number of amides is 2. The van der Waals surface area contributed by atoms with Gasteiger partial charge >= 0.3 is 6.04 Å². The van der Waals surface area contributed by atoms with Crippen LogP contribution in [0.1, 0.15) is 43.5 Å². The monoisotopic (exact) mass is 480 g/mol. The van der Waals surface area contributed by atoms with E-state index in [-0.39, 0.29) is 23.3 Å². The number of halogens is 3. The summed E-state index contributed by atoms with van der Waals surface area (Å²) in [5.74, 6) is -0.226. The van der Waals surface area contributed by atoms with Crippen molar-refractivity contribution in [3.8, 4) is 0 Å². The third-order valence-electron chi connectivity index (χ3n) is 4.38. The van der Waals surface area contributed by atoms with Crippen LogP contribution in [0.25, 0.3) is 0 Å². The van der Waals surface area contributed by atoms with Crippen molar-refractivity contribution in [2.24, 2.45) is 5.92 Å². The lowest BCUT2D eigenvalue weighted by Crippen LogP contribution is -2.40. The topological polar surface area (TPSA) is 75.3 Å². The average Bonchev–Trinajstić information content (AvgIpc) is 2.75. The van der Waals surface area contributed by atoms with E-state index in [0.29, 0.717) is 35.1 Å². The highest BCUT2D eigenvalue weighted by Crippen LogP contribution is 2.18. The van der Waals surface area contributed by atoms with Crippen molar-refractivity contribution in [2.45, 2.75) is 33.1 Å². The Balaban J connectivity index is 0.000000288. The molecule has 2 aromatic rings. The maximum Gasteiger partial charge on any atom is 0.332 e. The zero-order chi connectivity index (χ0) is 24.1. The number of benzene rings is 2. The Morgan fingerprint density at radius 2 is 1.75 bits per heavy atom. The van der Waals surface area contributed by atoms with Crippen LogP contribution in [-0.4, -0.2) is 24.4 Å².